The number of carbonyl (C=O) groups is 1. The van der Waals surface area contributed by atoms with E-state index in [2.05, 4.69) is 27.2 Å². The third-order valence-corrected chi connectivity index (χ3v) is 7.17. The Bertz CT molecular complexity index is 801. The van der Waals surface area contributed by atoms with E-state index in [9.17, 15) is 18.0 Å². The van der Waals surface area contributed by atoms with E-state index in [4.69, 9.17) is 9.15 Å². The van der Waals surface area contributed by atoms with Crippen LogP contribution < -0.4 is 5.32 Å². The van der Waals surface area contributed by atoms with Gasteiger partial charge in [0.05, 0.1) is 17.6 Å². The molecule has 0 radical (unpaired) electrons. The van der Waals surface area contributed by atoms with Crippen molar-refractivity contribution in [2.45, 2.75) is 93.7 Å². The Hall–Kier alpha value is -1.68. The maximum absolute atomic E-state index is 12.2. The number of hydrogen-bond donors (Lipinski definition) is 1. The maximum atomic E-state index is 12.2. The third kappa shape index (κ3) is 3.72. The van der Waals surface area contributed by atoms with Crippen LogP contribution in [0.15, 0.2) is 4.42 Å². The summed E-state index contributed by atoms with van der Waals surface area (Å²) < 4.78 is 52.2. The van der Waals surface area contributed by atoms with Crippen molar-refractivity contribution in [1.29, 1.82) is 0 Å². The minimum Gasteiger partial charge on any atom is -0.424 e. The number of halogens is 3. The molecule has 2 bridgehead atoms. The van der Waals surface area contributed by atoms with E-state index in [-0.39, 0.29) is 48.3 Å². The van der Waals surface area contributed by atoms with Gasteiger partial charge in [0.25, 0.3) is 0 Å². The summed E-state index contributed by atoms with van der Waals surface area (Å²) in [5, 5.41) is 11.3. The average Bonchev–Trinajstić information content (AvgIpc) is 3.19. The van der Waals surface area contributed by atoms with Crippen molar-refractivity contribution in [3.8, 4) is 0 Å². The lowest BCUT2D eigenvalue weighted by atomic mass is 9.39. The lowest BCUT2D eigenvalue weighted by Gasteiger charge is -2.68. The molecule has 5 aliphatic rings. The lowest BCUT2D eigenvalue weighted by molar-refractivity contribution is -0.352. The van der Waals surface area contributed by atoms with Gasteiger partial charge in [0.15, 0.2) is 0 Å². The number of hydrogen-bond acceptors (Lipinski definition) is 6. The molecule has 1 amide bonds. The largest absolute Gasteiger partial charge is 0.522 e. The number of nitrogens with zero attached hydrogens (tertiary/aromatic N) is 2. The zero-order valence-electron chi connectivity index (χ0n) is 16.8. The number of aromatic nitrogens is 2. The summed E-state index contributed by atoms with van der Waals surface area (Å²) in [5.74, 6) is 1.31. The Labute approximate surface area is 172 Å². The molecule has 1 N–H and O–H groups in total. The van der Waals surface area contributed by atoms with Crippen LogP contribution >= 0.6 is 0 Å². The SMILES string of the molecule is C[C@H]1CC[C@@H](OCC(=O)NC23CC(c4nnc(C5CC(OC(F)(F)F)C5)o4)(C2)C3)C1. The fourth-order valence-corrected chi connectivity index (χ4v) is 5.65. The third-order valence-electron chi connectivity index (χ3n) is 7.17. The van der Waals surface area contributed by atoms with Gasteiger partial charge in [0.1, 0.15) is 6.61 Å². The van der Waals surface area contributed by atoms with E-state index in [0.717, 1.165) is 38.5 Å². The predicted molar refractivity (Wildman–Crippen MR) is 96.4 cm³/mol. The van der Waals surface area contributed by atoms with Gasteiger partial charge in [-0.25, -0.2) is 0 Å². The van der Waals surface area contributed by atoms with Gasteiger partial charge in [-0.2, -0.15) is 0 Å². The van der Waals surface area contributed by atoms with Crippen LogP contribution in [0.2, 0.25) is 0 Å². The number of amides is 1. The topological polar surface area (TPSA) is 86.5 Å². The summed E-state index contributed by atoms with van der Waals surface area (Å²) in [7, 11) is 0. The second kappa shape index (κ2) is 6.91. The average molecular weight is 429 g/mol. The molecular weight excluding hydrogens is 403 g/mol. The van der Waals surface area contributed by atoms with Gasteiger partial charge in [-0.1, -0.05) is 6.92 Å². The first-order valence-corrected chi connectivity index (χ1v) is 10.6. The van der Waals surface area contributed by atoms with Crippen molar-refractivity contribution in [2.75, 3.05) is 6.61 Å². The second-order valence-corrected chi connectivity index (χ2v) is 9.79. The summed E-state index contributed by atoms with van der Waals surface area (Å²) in [6.45, 7) is 2.30. The first kappa shape index (κ1) is 20.2. The van der Waals surface area contributed by atoms with E-state index < -0.39 is 12.5 Å². The van der Waals surface area contributed by atoms with Gasteiger partial charge >= 0.3 is 6.36 Å². The lowest BCUT2D eigenvalue weighted by Crippen LogP contribution is -2.77. The molecule has 1 heterocycles. The molecule has 0 saturated heterocycles. The molecule has 7 nitrogen and oxygen atoms in total. The molecule has 5 aliphatic carbocycles. The first-order valence-electron chi connectivity index (χ1n) is 10.6. The number of carbonyl (C=O) groups excluding carboxylic acids is 1. The standard InChI is InChI=1S/C20H26F3N3O4/c1-11-2-3-13(4-11)28-7-15(27)24-19-8-18(9-19,10-19)17-26-25-16(29-17)12-5-14(6-12)30-20(21,22)23/h11-14H,2-10H2,1H3,(H,24,27)/t11-,12?,13+,14?,18?,19?/m0/s1. The summed E-state index contributed by atoms with van der Waals surface area (Å²) in [4.78, 5) is 12.2. The minimum atomic E-state index is -4.61. The highest BCUT2D eigenvalue weighted by molar-refractivity contribution is 5.79. The smallest absolute Gasteiger partial charge is 0.424 e. The number of ether oxygens (including phenoxy) is 2. The van der Waals surface area contributed by atoms with Crippen LogP contribution in [-0.4, -0.2) is 46.8 Å². The van der Waals surface area contributed by atoms with Gasteiger partial charge in [0, 0.05) is 11.5 Å². The molecular formula is C20H26F3N3O4. The molecule has 30 heavy (non-hydrogen) atoms. The Morgan fingerprint density at radius 1 is 1.17 bits per heavy atom. The van der Waals surface area contributed by atoms with Crippen LogP contribution in [0.1, 0.15) is 76.0 Å². The molecule has 10 heteroatoms. The van der Waals surface area contributed by atoms with Gasteiger partial charge < -0.3 is 14.5 Å². The highest BCUT2D eigenvalue weighted by Gasteiger charge is 2.71. The van der Waals surface area contributed by atoms with E-state index in [1.807, 2.05) is 0 Å². The number of nitrogens with one attached hydrogen (secondary N) is 1. The fourth-order valence-electron chi connectivity index (χ4n) is 5.65. The van der Waals surface area contributed by atoms with Crippen molar-refractivity contribution >= 4 is 5.91 Å². The first-order chi connectivity index (χ1) is 14.1. The zero-order chi connectivity index (χ0) is 21.1. The van der Waals surface area contributed by atoms with Crippen LogP contribution in [0.3, 0.4) is 0 Å². The molecule has 5 saturated carbocycles. The molecule has 0 aliphatic heterocycles. The zero-order valence-corrected chi connectivity index (χ0v) is 16.8. The quantitative estimate of drug-likeness (QED) is 0.716. The summed E-state index contributed by atoms with van der Waals surface area (Å²) in [5.41, 5.74) is -0.411. The van der Waals surface area contributed by atoms with Gasteiger partial charge in [-0.15, -0.1) is 23.4 Å². The highest BCUT2D eigenvalue weighted by Crippen LogP contribution is 2.67. The Balaban J connectivity index is 1.07. The molecule has 5 fully saturated rings. The summed E-state index contributed by atoms with van der Waals surface area (Å²) in [6, 6.07) is 0. The Kier molecular flexibility index (Phi) is 4.66. The van der Waals surface area contributed by atoms with Crippen LogP contribution in [0.5, 0.6) is 0 Å². The van der Waals surface area contributed by atoms with Gasteiger partial charge in [-0.05, 0) is 57.3 Å². The van der Waals surface area contributed by atoms with Crippen molar-refractivity contribution in [3.05, 3.63) is 11.8 Å². The summed E-state index contributed by atoms with van der Waals surface area (Å²) in [6.07, 6.45) is 0.638. The molecule has 1 aromatic rings. The number of alkyl halides is 3. The molecule has 0 unspecified atom stereocenters. The minimum absolute atomic E-state index is 0.0840. The van der Waals surface area contributed by atoms with Gasteiger partial charge in [-0.3, -0.25) is 9.53 Å². The molecule has 2 atom stereocenters. The predicted octanol–water partition coefficient (Wildman–Crippen LogP) is 3.35. The van der Waals surface area contributed by atoms with Crippen LogP contribution in [0.4, 0.5) is 13.2 Å². The van der Waals surface area contributed by atoms with Gasteiger partial charge in [0.2, 0.25) is 17.7 Å². The molecule has 6 rings (SSSR count). The van der Waals surface area contributed by atoms with E-state index >= 15 is 0 Å². The summed E-state index contributed by atoms with van der Waals surface area (Å²) >= 11 is 0. The van der Waals surface area contributed by atoms with E-state index in [0.29, 0.717) is 17.7 Å². The van der Waals surface area contributed by atoms with Crippen molar-refractivity contribution in [3.63, 3.8) is 0 Å². The molecule has 0 spiro atoms. The molecule has 166 valence electrons. The number of rotatable bonds is 7. The second-order valence-electron chi connectivity index (χ2n) is 9.79. The fraction of sp³-hybridized carbons (Fsp3) is 0.850. The molecule has 0 aromatic carbocycles. The van der Waals surface area contributed by atoms with Crippen LogP contribution in [0, 0.1) is 5.92 Å². The van der Waals surface area contributed by atoms with E-state index in [1.165, 1.54) is 0 Å². The van der Waals surface area contributed by atoms with Crippen LogP contribution in [0.25, 0.3) is 0 Å². The molecule has 1 aromatic heterocycles. The Morgan fingerprint density at radius 2 is 1.90 bits per heavy atom. The van der Waals surface area contributed by atoms with Crippen molar-refractivity contribution in [1.82, 2.24) is 15.5 Å². The monoisotopic (exact) mass is 429 g/mol. The van der Waals surface area contributed by atoms with Crippen molar-refractivity contribution < 1.29 is 31.9 Å². The normalized spacial score (nSPS) is 39.7. The highest BCUT2D eigenvalue weighted by atomic mass is 19.4. The van der Waals surface area contributed by atoms with Crippen molar-refractivity contribution in [2.24, 2.45) is 5.92 Å². The van der Waals surface area contributed by atoms with E-state index in [1.54, 1.807) is 0 Å². The maximum Gasteiger partial charge on any atom is 0.522 e. The van der Waals surface area contributed by atoms with Crippen LogP contribution in [-0.2, 0) is 19.7 Å². The Morgan fingerprint density at radius 3 is 2.53 bits per heavy atom.